The van der Waals surface area contributed by atoms with Crippen molar-refractivity contribution in [3.8, 4) is 0 Å². The third kappa shape index (κ3) is 2.85. The van der Waals surface area contributed by atoms with Crippen LogP contribution in [-0.4, -0.2) is 34.8 Å². The average Bonchev–Trinajstić information content (AvgIpc) is 2.70. The minimum absolute atomic E-state index is 0.589. The molecule has 0 radical (unpaired) electrons. The first-order chi connectivity index (χ1) is 7.65. The second-order valence-electron chi connectivity index (χ2n) is 5.40. The first-order valence-corrected chi connectivity index (χ1v) is 6.36. The van der Waals surface area contributed by atoms with Crippen LogP contribution in [0.15, 0.2) is 12.4 Å². The van der Waals surface area contributed by atoms with E-state index in [9.17, 15) is 0 Å². The Labute approximate surface area is 98.4 Å². The molecule has 1 aliphatic heterocycles. The number of likely N-dealkylation sites (tertiary alicyclic amines) is 1. The van der Waals surface area contributed by atoms with Crippen molar-refractivity contribution in [3.63, 3.8) is 0 Å². The Morgan fingerprint density at radius 3 is 2.62 bits per heavy atom. The molecular formula is C13H23N3. The van der Waals surface area contributed by atoms with Crippen molar-refractivity contribution >= 4 is 0 Å². The van der Waals surface area contributed by atoms with Gasteiger partial charge in [0.25, 0.3) is 0 Å². The predicted molar refractivity (Wildman–Crippen MR) is 66.5 cm³/mol. The van der Waals surface area contributed by atoms with Crippen molar-refractivity contribution in [2.45, 2.75) is 39.2 Å². The first-order valence-electron chi connectivity index (χ1n) is 6.36. The van der Waals surface area contributed by atoms with E-state index in [2.05, 4.69) is 41.8 Å². The quantitative estimate of drug-likeness (QED) is 0.781. The highest BCUT2D eigenvalue weighted by atomic mass is 15.3. The van der Waals surface area contributed by atoms with Crippen LogP contribution in [0, 0.1) is 5.92 Å². The highest BCUT2D eigenvalue weighted by Gasteiger charge is 2.17. The number of hydrogen-bond donors (Lipinski definition) is 0. The molecule has 16 heavy (non-hydrogen) atoms. The number of hydrogen-bond acceptors (Lipinski definition) is 2. The monoisotopic (exact) mass is 221 g/mol. The van der Waals surface area contributed by atoms with Crippen LogP contribution in [0.1, 0.15) is 38.2 Å². The van der Waals surface area contributed by atoms with Crippen molar-refractivity contribution in [3.05, 3.63) is 18.0 Å². The van der Waals surface area contributed by atoms with E-state index in [1.165, 1.54) is 31.5 Å². The Balaban J connectivity index is 1.88. The summed E-state index contributed by atoms with van der Waals surface area (Å²) in [4.78, 5) is 2.42. The molecule has 90 valence electrons. The van der Waals surface area contributed by atoms with Crippen LogP contribution in [-0.2, 0) is 6.54 Å². The molecule has 0 atom stereocenters. The molecule has 1 aromatic rings. The van der Waals surface area contributed by atoms with Crippen LogP contribution in [0.2, 0.25) is 0 Å². The van der Waals surface area contributed by atoms with E-state index in [0.717, 1.165) is 12.5 Å². The maximum absolute atomic E-state index is 4.45. The molecule has 0 saturated carbocycles. The summed E-state index contributed by atoms with van der Waals surface area (Å²) < 4.78 is 2.13. The van der Waals surface area contributed by atoms with Gasteiger partial charge in [0.05, 0.1) is 6.20 Å². The Bertz CT molecular complexity index is 322. The van der Waals surface area contributed by atoms with Crippen molar-refractivity contribution in [2.75, 3.05) is 20.1 Å². The number of rotatable bonds is 3. The molecule has 1 fully saturated rings. The van der Waals surface area contributed by atoms with E-state index in [4.69, 9.17) is 0 Å². The Morgan fingerprint density at radius 2 is 2.06 bits per heavy atom. The molecule has 2 rings (SSSR count). The van der Waals surface area contributed by atoms with Crippen LogP contribution in [0.4, 0.5) is 0 Å². The first kappa shape index (κ1) is 11.6. The summed E-state index contributed by atoms with van der Waals surface area (Å²) in [5.74, 6) is 1.40. The number of aromatic nitrogens is 2. The fourth-order valence-electron chi connectivity index (χ4n) is 2.29. The van der Waals surface area contributed by atoms with E-state index in [1.54, 1.807) is 0 Å². The zero-order chi connectivity index (χ0) is 11.5. The fraction of sp³-hybridized carbons (Fsp3) is 0.769. The van der Waals surface area contributed by atoms with Gasteiger partial charge in [-0.3, -0.25) is 4.68 Å². The molecule has 0 aliphatic carbocycles. The summed E-state index contributed by atoms with van der Waals surface area (Å²) in [7, 11) is 2.21. The van der Waals surface area contributed by atoms with E-state index < -0.39 is 0 Å². The van der Waals surface area contributed by atoms with Gasteiger partial charge in [0.1, 0.15) is 0 Å². The summed E-state index contributed by atoms with van der Waals surface area (Å²) in [5.41, 5.74) is 1.35. The summed E-state index contributed by atoms with van der Waals surface area (Å²) >= 11 is 0. The molecule has 1 aliphatic rings. The van der Waals surface area contributed by atoms with E-state index >= 15 is 0 Å². The number of nitrogens with zero attached hydrogens (tertiary/aromatic N) is 3. The third-order valence-corrected chi connectivity index (χ3v) is 3.60. The zero-order valence-electron chi connectivity index (χ0n) is 10.7. The standard InChI is InChI=1S/C13H23N3/c1-11(2)13-8-14-16(10-13)9-12-4-6-15(3)7-5-12/h8,10-12H,4-7,9H2,1-3H3. The molecule has 0 spiro atoms. The van der Waals surface area contributed by atoms with Gasteiger partial charge in [0, 0.05) is 12.7 Å². The Kier molecular flexibility index (Phi) is 3.64. The van der Waals surface area contributed by atoms with Gasteiger partial charge in [0.2, 0.25) is 0 Å². The molecule has 1 aromatic heterocycles. The smallest absolute Gasteiger partial charge is 0.0524 e. The normalized spacial score (nSPS) is 19.5. The topological polar surface area (TPSA) is 21.1 Å². The van der Waals surface area contributed by atoms with Crippen LogP contribution >= 0.6 is 0 Å². The van der Waals surface area contributed by atoms with E-state index in [0.29, 0.717) is 5.92 Å². The third-order valence-electron chi connectivity index (χ3n) is 3.60. The highest BCUT2D eigenvalue weighted by molar-refractivity contribution is 5.08. The summed E-state index contributed by atoms with van der Waals surface area (Å²) in [6, 6.07) is 0. The largest absolute Gasteiger partial charge is 0.306 e. The van der Waals surface area contributed by atoms with Gasteiger partial charge < -0.3 is 4.90 Å². The molecule has 0 N–H and O–H groups in total. The summed E-state index contributed by atoms with van der Waals surface area (Å²) in [5, 5.41) is 4.45. The maximum Gasteiger partial charge on any atom is 0.0524 e. The van der Waals surface area contributed by atoms with Gasteiger partial charge in [-0.1, -0.05) is 13.8 Å². The molecule has 3 nitrogen and oxygen atoms in total. The van der Waals surface area contributed by atoms with Crippen LogP contribution in [0.3, 0.4) is 0 Å². The minimum Gasteiger partial charge on any atom is -0.306 e. The van der Waals surface area contributed by atoms with Crippen molar-refractivity contribution in [1.29, 1.82) is 0 Å². The average molecular weight is 221 g/mol. The molecule has 0 amide bonds. The van der Waals surface area contributed by atoms with Gasteiger partial charge in [0.15, 0.2) is 0 Å². The lowest BCUT2D eigenvalue weighted by Gasteiger charge is -2.28. The predicted octanol–water partition coefficient (Wildman–Crippen LogP) is 2.35. The molecular weight excluding hydrogens is 198 g/mol. The summed E-state index contributed by atoms with van der Waals surface area (Å²) in [6.07, 6.45) is 6.85. The van der Waals surface area contributed by atoms with Gasteiger partial charge in [-0.2, -0.15) is 5.10 Å². The molecule has 0 aromatic carbocycles. The van der Waals surface area contributed by atoms with Crippen molar-refractivity contribution in [1.82, 2.24) is 14.7 Å². The van der Waals surface area contributed by atoms with Crippen molar-refractivity contribution in [2.24, 2.45) is 5.92 Å². The minimum atomic E-state index is 0.589. The van der Waals surface area contributed by atoms with Crippen molar-refractivity contribution < 1.29 is 0 Å². The lowest BCUT2D eigenvalue weighted by Crippen LogP contribution is -2.31. The summed E-state index contributed by atoms with van der Waals surface area (Å²) in [6.45, 7) is 8.01. The lowest BCUT2D eigenvalue weighted by molar-refractivity contribution is 0.201. The molecule has 0 bridgehead atoms. The lowest BCUT2D eigenvalue weighted by atomic mass is 9.97. The molecule has 3 heteroatoms. The maximum atomic E-state index is 4.45. The molecule has 0 unspecified atom stereocenters. The zero-order valence-corrected chi connectivity index (χ0v) is 10.7. The van der Waals surface area contributed by atoms with Gasteiger partial charge >= 0.3 is 0 Å². The van der Waals surface area contributed by atoms with E-state index in [1.807, 2.05) is 6.20 Å². The molecule has 1 saturated heterocycles. The second kappa shape index (κ2) is 5.00. The Hall–Kier alpha value is -0.830. The number of piperidine rings is 1. The SMILES string of the molecule is CC(C)c1cnn(CC2CCN(C)CC2)c1. The van der Waals surface area contributed by atoms with Crippen LogP contribution < -0.4 is 0 Å². The molecule has 2 heterocycles. The second-order valence-corrected chi connectivity index (χ2v) is 5.40. The van der Waals surface area contributed by atoms with Gasteiger partial charge in [-0.05, 0) is 50.4 Å². The van der Waals surface area contributed by atoms with E-state index in [-0.39, 0.29) is 0 Å². The van der Waals surface area contributed by atoms with Gasteiger partial charge in [-0.15, -0.1) is 0 Å². The van der Waals surface area contributed by atoms with Crippen LogP contribution in [0.5, 0.6) is 0 Å². The van der Waals surface area contributed by atoms with Crippen LogP contribution in [0.25, 0.3) is 0 Å². The fourth-order valence-corrected chi connectivity index (χ4v) is 2.29. The van der Waals surface area contributed by atoms with Gasteiger partial charge in [-0.25, -0.2) is 0 Å². The highest BCUT2D eigenvalue weighted by Crippen LogP contribution is 2.19. The Morgan fingerprint density at radius 1 is 1.38 bits per heavy atom.